The molecule has 150 valence electrons. The molecule has 0 N–H and O–H groups in total. The fourth-order valence-electron chi connectivity index (χ4n) is 3.50. The number of hydrogen-bond donors (Lipinski definition) is 0. The van der Waals surface area contributed by atoms with Crippen molar-refractivity contribution in [2.24, 2.45) is 0 Å². The number of amides is 1. The predicted molar refractivity (Wildman–Crippen MR) is 112 cm³/mol. The van der Waals surface area contributed by atoms with Crippen LogP contribution in [0.25, 0.3) is 0 Å². The van der Waals surface area contributed by atoms with Crippen molar-refractivity contribution in [3.05, 3.63) is 59.1 Å². The summed E-state index contributed by atoms with van der Waals surface area (Å²) in [6, 6.07) is 13.4. The summed E-state index contributed by atoms with van der Waals surface area (Å²) >= 11 is 6.24. The van der Waals surface area contributed by atoms with Gasteiger partial charge in [-0.1, -0.05) is 48.7 Å². The molecule has 0 spiro atoms. The van der Waals surface area contributed by atoms with E-state index in [1.807, 2.05) is 6.92 Å². The Morgan fingerprint density at radius 3 is 2.36 bits per heavy atom. The fourth-order valence-corrected chi connectivity index (χ4v) is 5.10. The van der Waals surface area contributed by atoms with Gasteiger partial charge in [-0.05, 0) is 49.6 Å². The molecule has 1 saturated carbocycles. The Kier molecular flexibility index (Phi) is 6.30. The van der Waals surface area contributed by atoms with E-state index in [4.69, 9.17) is 11.6 Å². The summed E-state index contributed by atoms with van der Waals surface area (Å²) in [7, 11) is -2.15. The molecule has 1 aliphatic rings. The predicted octanol–water partition coefficient (Wildman–Crippen LogP) is 4.24. The van der Waals surface area contributed by atoms with E-state index in [2.05, 4.69) is 0 Å². The van der Waals surface area contributed by atoms with E-state index in [0.717, 1.165) is 35.6 Å². The third kappa shape index (κ3) is 4.33. The molecule has 1 aliphatic carbocycles. The van der Waals surface area contributed by atoms with Gasteiger partial charge < -0.3 is 4.90 Å². The first kappa shape index (κ1) is 20.7. The number of anilines is 1. The highest BCUT2D eigenvalue weighted by Gasteiger charge is 2.31. The summed E-state index contributed by atoms with van der Waals surface area (Å²) < 4.78 is 27.8. The number of sulfonamides is 1. The zero-order valence-electron chi connectivity index (χ0n) is 16.1. The maximum Gasteiger partial charge on any atom is 0.264 e. The zero-order chi connectivity index (χ0) is 20.3. The maximum absolute atomic E-state index is 13.3. The van der Waals surface area contributed by atoms with Crippen molar-refractivity contribution in [1.29, 1.82) is 0 Å². The second-order valence-electron chi connectivity index (χ2n) is 7.20. The molecule has 0 atom stereocenters. The van der Waals surface area contributed by atoms with Crippen LogP contribution < -0.4 is 4.31 Å². The third-order valence-electron chi connectivity index (χ3n) is 5.32. The Hall–Kier alpha value is -2.05. The van der Waals surface area contributed by atoms with Crippen LogP contribution in [0.5, 0.6) is 0 Å². The smallest absolute Gasteiger partial charge is 0.264 e. The van der Waals surface area contributed by atoms with Crippen LogP contribution in [-0.2, 0) is 14.8 Å². The standard InChI is InChI=1S/C21H25ClN2O3S/c1-16-12-13-18(14-20(16)22)24(28(26,27)19-10-4-3-5-11-19)15-21(25)23(2)17-8-6-7-9-17/h3-5,10-14,17H,6-9,15H2,1-2H3. The van der Waals surface area contributed by atoms with Gasteiger partial charge in [0.05, 0.1) is 10.6 Å². The lowest BCUT2D eigenvalue weighted by molar-refractivity contribution is -0.130. The molecule has 5 nitrogen and oxygen atoms in total. The minimum Gasteiger partial charge on any atom is -0.341 e. The van der Waals surface area contributed by atoms with Crippen molar-refractivity contribution in [2.75, 3.05) is 17.9 Å². The first-order chi connectivity index (χ1) is 13.3. The van der Waals surface area contributed by atoms with Crippen molar-refractivity contribution in [3.8, 4) is 0 Å². The van der Waals surface area contributed by atoms with Crippen LogP contribution in [0.2, 0.25) is 5.02 Å². The van der Waals surface area contributed by atoms with Crippen molar-refractivity contribution < 1.29 is 13.2 Å². The molecule has 0 radical (unpaired) electrons. The fraction of sp³-hybridized carbons (Fsp3) is 0.381. The molecule has 1 amide bonds. The summed E-state index contributed by atoms with van der Waals surface area (Å²) in [5.41, 5.74) is 1.23. The van der Waals surface area contributed by atoms with Gasteiger partial charge in [0.2, 0.25) is 5.91 Å². The van der Waals surface area contributed by atoms with Gasteiger partial charge in [0.25, 0.3) is 10.0 Å². The third-order valence-corrected chi connectivity index (χ3v) is 7.51. The molecule has 2 aromatic rings. The summed E-state index contributed by atoms with van der Waals surface area (Å²) in [5, 5.41) is 0.461. The number of halogens is 1. The minimum absolute atomic E-state index is 0.142. The number of carbonyl (C=O) groups is 1. The highest BCUT2D eigenvalue weighted by Crippen LogP contribution is 2.29. The second kappa shape index (κ2) is 8.53. The maximum atomic E-state index is 13.3. The van der Waals surface area contributed by atoms with E-state index in [0.29, 0.717) is 10.7 Å². The largest absolute Gasteiger partial charge is 0.341 e. The van der Waals surface area contributed by atoms with Crippen LogP contribution >= 0.6 is 11.6 Å². The Balaban J connectivity index is 1.97. The van der Waals surface area contributed by atoms with Crippen molar-refractivity contribution in [3.63, 3.8) is 0 Å². The second-order valence-corrected chi connectivity index (χ2v) is 9.47. The first-order valence-corrected chi connectivity index (χ1v) is 11.2. The zero-order valence-corrected chi connectivity index (χ0v) is 17.7. The Morgan fingerprint density at radius 2 is 1.75 bits per heavy atom. The van der Waals surface area contributed by atoms with Gasteiger partial charge in [-0.3, -0.25) is 9.10 Å². The molecular formula is C21H25ClN2O3S. The topological polar surface area (TPSA) is 57.7 Å². The summed E-state index contributed by atoms with van der Waals surface area (Å²) in [6.45, 7) is 1.59. The van der Waals surface area contributed by atoms with E-state index < -0.39 is 10.0 Å². The van der Waals surface area contributed by atoms with Gasteiger partial charge in [-0.25, -0.2) is 8.42 Å². The van der Waals surface area contributed by atoms with E-state index in [9.17, 15) is 13.2 Å². The number of likely N-dealkylation sites (N-methyl/N-ethyl adjacent to an activating group) is 1. The molecule has 28 heavy (non-hydrogen) atoms. The highest BCUT2D eigenvalue weighted by atomic mass is 35.5. The number of rotatable bonds is 6. The van der Waals surface area contributed by atoms with Gasteiger partial charge in [-0.2, -0.15) is 0 Å². The van der Waals surface area contributed by atoms with Crippen molar-refractivity contribution >= 4 is 33.2 Å². The molecule has 0 aliphatic heterocycles. The van der Waals surface area contributed by atoms with Crippen LogP contribution in [0.3, 0.4) is 0 Å². The Bertz CT molecular complexity index is 941. The summed E-state index contributed by atoms with van der Waals surface area (Å²) in [5.74, 6) is -0.219. The number of aryl methyl sites for hydroxylation is 1. The number of hydrogen-bond acceptors (Lipinski definition) is 3. The number of nitrogens with zero attached hydrogens (tertiary/aromatic N) is 2. The number of benzene rings is 2. The van der Waals surface area contributed by atoms with Crippen LogP contribution in [0.15, 0.2) is 53.4 Å². The lowest BCUT2D eigenvalue weighted by Gasteiger charge is -2.29. The monoisotopic (exact) mass is 420 g/mol. The molecule has 0 heterocycles. The lowest BCUT2D eigenvalue weighted by Crippen LogP contribution is -2.44. The molecule has 0 saturated heterocycles. The quantitative estimate of drug-likeness (QED) is 0.702. The van der Waals surface area contributed by atoms with E-state index in [1.165, 1.54) is 12.1 Å². The van der Waals surface area contributed by atoms with E-state index in [-0.39, 0.29) is 23.4 Å². The van der Waals surface area contributed by atoms with Crippen LogP contribution in [0.1, 0.15) is 31.2 Å². The van der Waals surface area contributed by atoms with Gasteiger partial charge >= 0.3 is 0 Å². The van der Waals surface area contributed by atoms with Crippen molar-refractivity contribution in [1.82, 2.24) is 4.90 Å². The van der Waals surface area contributed by atoms with Crippen LogP contribution in [0.4, 0.5) is 5.69 Å². The molecule has 7 heteroatoms. The molecule has 3 rings (SSSR count). The van der Waals surface area contributed by atoms with Gasteiger partial charge in [0.15, 0.2) is 0 Å². The molecule has 2 aromatic carbocycles. The first-order valence-electron chi connectivity index (χ1n) is 9.40. The summed E-state index contributed by atoms with van der Waals surface area (Å²) in [4.78, 5) is 14.8. The number of carbonyl (C=O) groups excluding carboxylic acids is 1. The average molecular weight is 421 g/mol. The van der Waals surface area contributed by atoms with Crippen LogP contribution in [0, 0.1) is 6.92 Å². The normalized spacial score (nSPS) is 14.8. The van der Waals surface area contributed by atoms with E-state index >= 15 is 0 Å². The average Bonchev–Trinajstić information content (AvgIpc) is 3.23. The molecule has 0 bridgehead atoms. The van der Waals surface area contributed by atoms with Gasteiger partial charge in [0.1, 0.15) is 6.54 Å². The minimum atomic E-state index is -3.91. The molecular weight excluding hydrogens is 396 g/mol. The Labute approximate surface area is 172 Å². The molecule has 0 unspecified atom stereocenters. The summed E-state index contributed by atoms with van der Waals surface area (Å²) in [6.07, 6.45) is 4.12. The van der Waals surface area contributed by atoms with Gasteiger partial charge in [-0.15, -0.1) is 0 Å². The lowest BCUT2D eigenvalue weighted by atomic mass is 10.2. The highest BCUT2D eigenvalue weighted by molar-refractivity contribution is 7.92. The Morgan fingerprint density at radius 1 is 1.11 bits per heavy atom. The van der Waals surface area contributed by atoms with Crippen molar-refractivity contribution in [2.45, 2.75) is 43.5 Å². The molecule has 1 fully saturated rings. The van der Waals surface area contributed by atoms with Gasteiger partial charge in [0, 0.05) is 18.1 Å². The van der Waals surface area contributed by atoms with Crippen LogP contribution in [-0.4, -0.2) is 38.9 Å². The van der Waals surface area contributed by atoms with E-state index in [1.54, 1.807) is 48.3 Å². The molecule has 0 aromatic heterocycles. The SMILES string of the molecule is Cc1ccc(N(CC(=O)N(C)C2CCCC2)S(=O)(=O)c2ccccc2)cc1Cl.